The minimum absolute atomic E-state index is 0.390. The first-order valence-corrected chi connectivity index (χ1v) is 14.3. The van der Waals surface area contributed by atoms with Gasteiger partial charge in [-0.2, -0.15) is 0 Å². The van der Waals surface area contributed by atoms with Crippen molar-refractivity contribution in [3.05, 3.63) is 109 Å². The van der Waals surface area contributed by atoms with E-state index >= 15 is 0 Å². The van der Waals surface area contributed by atoms with E-state index in [1.165, 1.54) is 0 Å². The first-order valence-electron chi connectivity index (χ1n) is 11.8. The Morgan fingerprint density at radius 3 is 1.42 bits per heavy atom. The molecule has 0 saturated carbocycles. The maximum atomic E-state index is 6.26. The van der Waals surface area contributed by atoms with Gasteiger partial charge < -0.3 is 16.8 Å². The molecule has 0 spiro atoms. The van der Waals surface area contributed by atoms with Crippen LogP contribution in [0.4, 0.5) is 0 Å². The zero-order valence-electron chi connectivity index (χ0n) is 19.4. The largest absolute Gasteiger partial charge is 0.419 e. The summed E-state index contributed by atoms with van der Waals surface area (Å²) < 4.78 is 30.6. The molecule has 4 aromatic carbocycles. The number of benzene rings is 4. The van der Waals surface area contributed by atoms with Crippen molar-refractivity contribution in [2.24, 2.45) is 0 Å². The van der Waals surface area contributed by atoms with Crippen molar-refractivity contribution in [1.29, 1.82) is 0 Å². The van der Waals surface area contributed by atoms with Crippen LogP contribution in [0.5, 0.6) is 0 Å². The van der Waals surface area contributed by atoms with Gasteiger partial charge in [-0.25, -0.2) is 0 Å². The van der Waals surface area contributed by atoms with Gasteiger partial charge in [-0.15, -0.1) is 0 Å². The molecule has 0 aliphatic heterocycles. The van der Waals surface area contributed by atoms with Crippen LogP contribution in [0.25, 0.3) is 43.9 Å². The van der Waals surface area contributed by atoms with Crippen molar-refractivity contribution in [2.45, 2.75) is 12.6 Å². The highest BCUT2D eigenvalue weighted by atomic mass is 31.1. The molecule has 0 amide bonds. The Balaban J connectivity index is 1.18. The monoisotopic (exact) mass is 514 g/mol. The smallest absolute Gasteiger partial charge is 0.387 e. The zero-order valence-corrected chi connectivity index (χ0v) is 21.2. The van der Waals surface area contributed by atoms with Gasteiger partial charge >= 0.3 is 8.24 Å². The van der Waals surface area contributed by atoms with E-state index < -0.39 is 16.3 Å². The van der Waals surface area contributed by atoms with Crippen molar-refractivity contribution >= 4 is 60.1 Å². The van der Waals surface area contributed by atoms with E-state index in [4.69, 9.17) is 21.3 Å². The number of hydrogen-bond donors (Lipinski definition) is 0. The Bertz CT molecular complexity index is 1520. The fourth-order valence-electron chi connectivity index (χ4n) is 4.11. The van der Waals surface area contributed by atoms with Crippen molar-refractivity contribution < 1.29 is 21.3 Å². The molecule has 2 aromatic heterocycles. The lowest BCUT2D eigenvalue weighted by Crippen LogP contribution is -1.88. The minimum atomic E-state index is -1.56. The van der Waals surface area contributed by atoms with Crippen LogP contribution in [0.1, 0.15) is 6.42 Å². The first-order chi connectivity index (χ1) is 17.8. The third kappa shape index (κ3) is 4.87. The first kappa shape index (κ1) is 22.8. The summed E-state index contributed by atoms with van der Waals surface area (Å²) in [6.07, 6.45) is 5.67. The molecule has 0 atom stereocenters. The number of aryl methyl sites for hydroxylation is 1. The molecule has 0 N–H and O–H groups in total. The van der Waals surface area contributed by atoms with E-state index in [9.17, 15) is 0 Å². The van der Waals surface area contributed by atoms with Crippen LogP contribution in [0.15, 0.2) is 126 Å². The maximum absolute atomic E-state index is 6.26. The van der Waals surface area contributed by atoms with Gasteiger partial charge in [0.15, 0.2) is 0 Å². The van der Waals surface area contributed by atoms with E-state index in [0.29, 0.717) is 6.61 Å². The predicted octanol–water partition coefficient (Wildman–Crippen LogP) is 9.97. The second-order valence-electron chi connectivity index (χ2n) is 8.19. The molecular weight excluding hydrogens is 490 g/mol. The summed E-state index contributed by atoms with van der Waals surface area (Å²) in [4.78, 5) is 0. The van der Waals surface area contributed by atoms with Crippen LogP contribution in [0, 0.1) is 0 Å². The lowest BCUT2D eigenvalue weighted by Gasteiger charge is -1.97. The van der Waals surface area contributed by atoms with E-state index in [1.807, 2.05) is 91.0 Å². The molecule has 2 heterocycles. The van der Waals surface area contributed by atoms with Gasteiger partial charge in [-0.1, -0.05) is 84.9 Å². The normalized spacial score (nSPS) is 11.7. The number of rotatable bonds is 6. The van der Waals surface area contributed by atoms with Gasteiger partial charge in [0.05, 0.1) is 12.8 Å². The molecule has 0 unspecified atom stereocenters. The fraction of sp³-hybridized carbons (Fsp3) is 0.103. The molecule has 5 nitrogen and oxygen atoms in total. The Hall–Kier alpha value is -3.62. The molecule has 0 fully saturated rings. The van der Waals surface area contributed by atoms with Crippen molar-refractivity contribution in [3.8, 4) is 0 Å². The summed E-state index contributed by atoms with van der Waals surface area (Å²) in [5.74, 6) is 0. The van der Waals surface area contributed by atoms with E-state index in [2.05, 4.69) is 18.2 Å². The molecule has 36 heavy (non-hydrogen) atoms. The lowest BCUT2D eigenvalue weighted by molar-refractivity contribution is 0.413. The van der Waals surface area contributed by atoms with E-state index in [1.54, 1.807) is 0 Å². The maximum Gasteiger partial charge on any atom is 0.387 e. The summed E-state index contributed by atoms with van der Waals surface area (Å²) in [6, 6.07) is 32.1. The van der Waals surface area contributed by atoms with Crippen LogP contribution >= 0.6 is 16.3 Å². The second-order valence-corrected chi connectivity index (χ2v) is 10.7. The Morgan fingerprint density at radius 2 is 0.944 bits per heavy atom. The lowest BCUT2D eigenvalue weighted by atomic mass is 10.1. The van der Waals surface area contributed by atoms with Crippen LogP contribution in [-0.2, 0) is 6.16 Å². The molecule has 180 valence electrons. The van der Waals surface area contributed by atoms with Gasteiger partial charge in [0.25, 0.3) is 0 Å². The average molecular weight is 514 g/mol. The minimum Gasteiger partial charge on any atom is -0.419 e. The number of para-hydroxylation sites is 4. The molecule has 0 aliphatic rings. The molecule has 6 aromatic rings. The highest BCUT2D eigenvalue weighted by molar-refractivity contribution is 7.36. The van der Waals surface area contributed by atoms with Crippen molar-refractivity contribution in [2.75, 3.05) is 6.61 Å². The number of fused-ring (bicyclic) bond motifs is 6. The van der Waals surface area contributed by atoms with Gasteiger partial charge in [0, 0.05) is 21.5 Å². The molecule has 0 bridgehead atoms. The number of hydrogen-bond acceptors (Lipinski definition) is 5. The Kier molecular flexibility index (Phi) is 6.69. The van der Waals surface area contributed by atoms with Gasteiger partial charge in [0.2, 0.25) is 8.01 Å². The molecule has 6 rings (SSSR count). The number of allylic oxidation sites excluding steroid dienone is 1. The van der Waals surface area contributed by atoms with Crippen LogP contribution in [-0.4, -0.2) is 6.61 Å². The zero-order chi connectivity index (χ0) is 24.2. The van der Waals surface area contributed by atoms with Crippen LogP contribution < -0.4 is 4.52 Å². The molecule has 0 radical (unpaired) electrons. The van der Waals surface area contributed by atoms with Gasteiger partial charge in [0.1, 0.15) is 22.3 Å². The summed E-state index contributed by atoms with van der Waals surface area (Å²) in [5.41, 5.74) is 3.27. The Labute approximate surface area is 209 Å². The van der Waals surface area contributed by atoms with E-state index in [0.717, 1.165) is 56.5 Å². The second kappa shape index (κ2) is 10.6. The summed E-state index contributed by atoms with van der Waals surface area (Å²) in [5, 5.41) is 4.14. The quantitative estimate of drug-likeness (QED) is 0.207. The highest BCUT2D eigenvalue weighted by Crippen LogP contribution is 2.37. The third-order valence-corrected chi connectivity index (χ3v) is 8.27. The topological polar surface area (TPSA) is 61.8 Å². The summed E-state index contributed by atoms with van der Waals surface area (Å²) >= 11 is 0. The third-order valence-electron chi connectivity index (χ3n) is 5.80. The van der Waals surface area contributed by atoms with Crippen molar-refractivity contribution in [3.63, 3.8) is 0 Å². The molecule has 0 aliphatic carbocycles. The fourth-order valence-corrected chi connectivity index (χ4v) is 6.43. The molecular formula is C29H24O5P2. The predicted molar refractivity (Wildman–Crippen MR) is 148 cm³/mol. The van der Waals surface area contributed by atoms with Crippen molar-refractivity contribution in [1.82, 2.24) is 0 Å². The SMILES string of the molecule is C(=C/COp1oc2ccccc2c2ccccc2o1)/CCp1oc2ccccc2c2ccccc2o1. The van der Waals surface area contributed by atoms with Crippen LogP contribution in [0.3, 0.4) is 0 Å². The Morgan fingerprint density at radius 1 is 0.528 bits per heavy atom. The van der Waals surface area contributed by atoms with E-state index in [-0.39, 0.29) is 0 Å². The van der Waals surface area contributed by atoms with Crippen LogP contribution in [0.2, 0.25) is 0 Å². The summed E-state index contributed by atoms with van der Waals surface area (Å²) in [7, 11) is -2.67. The summed E-state index contributed by atoms with van der Waals surface area (Å²) in [6.45, 7) is 0.390. The van der Waals surface area contributed by atoms with Gasteiger partial charge in [-0.05, 0) is 30.7 Å². The highest BCUT2D eigenvalue weighted by Gasteiger charge is 2.07. The standard InChI is InChI=1S/C29H24O5P2/c1(11-21-35-31-26-16-6-2-12-22(26)23-13-3-7-17-27(23)32-35)10-20-30-36-33-28-18-8-4-14-24(28)25-15-5-9-19-29(25)34-36/h1-10,12-19H,11,20-21H2/b10-1-. The van der Waals surface area contributed by atoms with Gasteiger partial charge in [-0.3, -0.25) is 4.52 Å². The molecule has 0 saturated heterocycles. The average Bonchev–Trinajstić information content (AvgIpc) is 3.18. The molecule has 7 heteroatoms.